The predicted octanol–water partition coefficient (Wildman–Crippen LogP) is 3.27. The van der Waals surface area contributed by atoms with Gasteiger partial charge in [0.25, 0.3) is 5.91 Å². The molecule has 0 bridgehead atoms. The van der Waals surface area contributed by atoms with E-state index in [4.69, 9.17) is 9.72 Å². The van der Waals surface area contributed by atoms with E-state index in [9.17, 15) is 4.79 Å². The van der Waals surface area contributed by atoms with Gasteiger partial charge in [-0.15, -0.1) is 0 Å². The number of carbonyl (C=O) groups is 1. The maximum Gasteiger partial charge on any atom is 0.261 e. The summed E-state index contributed by atoms with van der Waals surface area (Å²) >= 11 is 0. The lowest BCUT2D eigenvalue weighted by molar-refractivity contribution is -0.138. The van der Waals surface area contributed by atoms with E-state index in [-0.39, 0.29) is 24.5 Å². The van der Waals surface area contributed by atoms with Gasteiger partial charge in [-0.1, -0.05) is 32.0 Å². The van der Waals surface area contributed by atoms with Gasteiger partial charge in [-0.25, -0.2) is 9.67 Å². The summed E-state index contributed by atoms with van der Waals surface area (Å²) in [6.07, 6.45) is 3.48. The van der Waals surface area contributed by atoms with Crippen molar-refractivity contribution in [1.82, 2.24) is 24.6 Å². The van der Waals surface area contributed by atoms with Gasteiger partial charge in [-0.05, 0) is 36.6 Å². The lowest BCUT2D eigenvalue weighted by atomic mass is 10.00. The fourth-order valence-corrected chi connectivity index (χ4v) is 3.71. The van der Waals surface area contributed by atoms with E-state index in [1.165, 1.54) is 0 Å². The monoisotopic (exact) mass is 391 g/mol. The molecule has 4 rings (SSSR count). The van der Waals surface area contributed by atoms with Crippen LogP contribution < -0.4 is 4.74 Å². The van der Waals surface area contributed by atoms with Crippen LogP contribution in [0.25, 0.3) is 11.4 Å². The highest BCUT2D eigenvalue weighted by molar-refractivity contribution is 5.78. The smallest absolute Gasteiger partial charge is 0.261 e. The number of ether oxygens (including phenoxy) is 1. The van der Waals surface area contributed by atoms with Crippen molar-refractivity contribution >= 4 is 5.91 Å². The zero-order valence-electron chi connectivity index (χ0n) is 16.9. The van der Waals surface area contributed by atoms with Crippen molar-refractivity contribution in [2.75, 3.05) is 13.2 Å². The predicted molar refractivity (Wildman–Crippen MR) is 109 cm³/mol. The normalized spacial score (nSPS) is 16.0. The maximum absolute atomic E-state index is 13.0. The van der Waals surface area contributed by atoms with Crippen LogP contribution in [0.2, 0.25) is 0 Å². The first-order valence-electron chi connectivity index (χ1n) is 9.87. The summed E-state index contributed by atoms with van der Waals surface area (Å²) in [5, 5.41) is 4.65. The highest BCUT2D eigenvalue weighted by atomic mass is 16.5. The molecule has 1 atom stereocenters. The topological polar surface area (TPSA) is 73.1 Å². The molecule has 1 aliphatic rings. The lowest BCUT2D eigenvalue weighted by Gasteiger charge is -2.37. The average Bonchev–Trinajstić information content (AvgIpc) is 3.17. The Bertz CT molecular complexity index is 999. The summed E-state index contributed by atoms with van der Waals surface area (Å²) in [5.74, 6) is 2.35. The van der Waals surface area contributed by atoms with Gasteiger partial charge in [0, 0.05) is 24.5 Å². The Labute approximate surface area is 170 Å². The molecule has 7 nitrogen and oxygen atoms in total. The molecule has 3 aromatic rings. The fourth-order valence-electron chi connectivity index (χ4n) is 3.71. The number of hydrogen-bond acceptors (Lipinski definition) is 5. The zero-order valence-corrected chi connectivity index (χ0v) is 16.9. The number of rotatable bonds is 5. The minimum atomic E-state index is -0.144. The summed E-state index contributed by atoms with van der Waals surface area (Å²) < 4.78 is 7.72. The Kier molecular flexibility index (Phi) is 5.29. The van der Waals surface area contributed by atoms with Gasteiger partial charge < -0.3 is 9.64 Å². The third kappa shape index (κ3) is 3.85. The molecule has 0 spiro atoms. The Morgan fingerprint density at radius 1 is 1.21 bits per heavy atom. The lowest BCUT2D eigenvalue weighted by Crippen LogP contribution is -2.46. The third-order valence-electron chi connectivity index (χ3n) is 5.17. The van der Waals surface area contributed by atoms with Gasteiger partial charge in [-0.2, -0.15) is 5.10 Å². The van der Waals surface area contributed by atoms with Gasteiger partial charge in [0.2, 0.25) is 0 Å². The zero-order chi connectivity index (χ0) is 20.4. The molecule has 1 amide bonds. The molecular weight excluding hydrogens is 366 g/mol. The number of carbonyl (C=O) groups excluding carboxylic acids is 1. The fraction of sp³-hybridized carbons (Fsp3) is 0.364. The number of amides is 1. The highest BCUT2D eigenvalue weighted by Gasteiger charge is 2.36. The minimum absolute atomic E-state index is 0.0116. The summed E-state index contributed by atoms with van der Waals surface area (Å²) in [7, 11) is 0. The molecule has 0 fully saturated rings. The second kappa shape index (κ2) is 8.03. The van der Waals surface area contributed by atoms with Crippen molar-refractivity contribution < 1.29 is 9.53 Å². The van der Waals surface area contributed by atoms with Crippen LogP contribution in [0.4, 0.5) is 0 Å². The molecule has 3 heterocycles. The maximum atomic E-state index is 13.0. The van der Waals surface area contributed by atoms with E-state index in [0.717, 1.165) is 22.7 Å². The van der Waals surface area contributed by atoms with Crippen LogP contribution in [0.1, 0.15) is 31.3 Å². The second-order valence-corrected chi connectivity index (χ2v) is 7.59. The van der Waals surface area contributed by atoms with Gasteiger partial charge in [0.05, 0.1) is 12.6 Å². The molecule has 0 N–H and O–H groups in total. The van der Waals surface area contributed by atoms with Crippen LogP contribution in [-0.4, -0.2) is 43.7 Å². The molecule has 1 aromatic carbocycles. The number of aromatic nitrogens is 4. The van der Waals surface area contributed by atoms with Gasteiger partial charge in [-0.3, -0.25) is 9.78 Å². The van der Waals surface area contributed by atoms with Crippen molar-refractivity contribution in [3.63, 3.8) is 0 Å². The number of benzene rings is 1. The molecule has 0 aliphatic carbocycles. The molecule has 2 aromatic heterocycles. The molecule has 0 saturated carbocycles. The van der Waals surface area contributed by atoms with Crippen LogP contribution in [0.3, 0.4) is 0 Å². The molecule has 0 radical (unpaired) electrons. The second-order valence-electron chi connectivity index (χ2n) is 7.59. The molecule has 7 heteroatoms. The van der Waals surface area contributed by atoms with Gasteiger partial charge in [0.15, 0.2) is 18.3 Å². The Hall–Kier alpha value is -3.22. The molecule has 1 aliphatic heterocycles. The number of pyridine rings is 1. The first kappa shape index (κ1) is 19.1. The summed E-state index contributed by atoms with van der Waals surface area (Å²) in [4.78, 5) is 23.8. The summed E-state index contributed by atoms with van der Waals surface area (Å²) in [6.45, 7) is 7.38. The van der Waals surface area contributed by atoms with Crippen molar-refractivity contribution in [1.29, 1.82) is 0 Å². The molecule has 150 valence electrons. The SMILES string of the molecule is Cc1ccccc1OCC(=O)N1CCn2nc(-c3cccnc3)nc2[C@H]1C(C)C. The largest absolute Gasteiger partial charge is 0.484 e. The average molecular weight is 391 g/mol. The van der Waals surface area contributed by atoms with Crippen LogP contribution in [0.5, 0.6) is 5.75 Å². The molecular formula is C22H25N5O2. The third-order valence-corrected chi connectivity index (χ3v) is 5.17. The molecule has 0 unspecified atom stereocenters. The molecule has 29 heavy (non-hydrogen) atoms. The van der Waals surface area contributed by atoms with Crippen LogP contribution in [0, 0.1) is 12.8 Å². The van der Waals surface area contributed by atoms with E-state index in [1.807, 2.05) is 52.9 Å². The number of para-hydroxylation sites is 1. The van der Waals surface area contributed by atoms with Crippen molar-refractivity contribution in [2.45, 2.75) is 33.4 Å². The minimum Gasteiger partial charge on any atom is -0.484 e. The summed E-state index contributed by atoms with van der Waals surface area (Å²) in [6, 6.07) is 11.4. The number of aryl methyl sites for hydroxylation is 1. The highest BCUT2D eigenvalue weighted by Crippen LogP contribution is 2.32. The van der Waals surface area contributed by atoms with E-state index in [2.05, 4.69) is 23.9 Å². The van der Waals surface area contributed by atoms with E-state index in [1.54, 1.807) is 12.4 Å². The first-order valence-corrected chi connectivity index (χ1v) is 9.87. The Balaban J connectivity index is 1.56. The van der Waals surface area contributed by atoms with Crippen LogP contribution in [-0.2, 0) is 11.3 Å². The van der Waals surface area contributed by atoms with Gasteiger partial charge >= 0.3 is 0 Å². The van der Waals surface area contributed by atoms with E-state index >= 15 is 0 Å². The Morgan fingerprint density at radius 2 is 2.03 bits per heavy atom. The van der Waals surface area contributed by atoms with Crippen molar-refractivity contribution in [3.8, 4) is 17.1 Å². The summed E-state index contributed by atoms with van der Waals surface area (Å²) in [5.41, 5.74) is 1.89. The number of nitrogens with zero attached hydrogens (tertiary/aromatic N) is 5. The van der Waals surface area contributed by atoms with Crippen molar-refractivity contribution in [2.24, 2.45) is 5.92 Å². The standard InChI is InChI=1S/C22H25N5O2/c1-15(2)20-22-24-21(17-8-6-10-23-13-17)25-27(22)12-11-26(20)19(28)14-29-18-9-5-4-7-16(18)3/h4-10,13,15,20H,11-12,14H2,1-3H3/t20-/m1/s1. The quantitative estimate of drug-likeness (QED) is 0.667. The van der Waals surface area contributed by atoms with Crippen molar-refractivity contribution in [3.05, 3.63) is 60.2 Å². The van der Waals surface area contributed by atoms with Crippen LogP contribution >= 0.6 is 0 Å². The number of fused-ring (bicyclic) bond motifs is 1. The number of hydrogen-bond donors (Lipinski definition) is 0. The van der Waals surface area contributed by atoms with E-state index < -0.39 is 0 Å². The van der Waals surface area contributed by atoms with Gasteiger partial charge in [0.1, 0.15) is 5.75 Å². The first-order chi connectivity index (χ1) is 14.0. The van der Waals surface area contributed by atoms with E-state index in [0.29, 0.717) is 18.9 Å². The Morgan fingerprint density at radius 3 is 2.76 bits per heavy atom. The van der Waals surface area contributed by atoms with Crippen LogP contribution in [0.15, 0.2) is 48.8 Å². The molecule has 0 saturated heterocycles.